The van der Waals surface area contributed by atoms with E-state index in [1.54, 1.807) is 0 Å². The first-order chi connectivity index (χ1) is 7.97. The highest BCUT2D eigenvalue weighted by atomic mass is 16.2. The maximum absolute atomic E-state index is 11.9. The lowest BCUT2D eigenvalue weighted by Crippen LogP contribution is -2.53. The summed E-state index contributed by atoms with van der Waals surface area (Å²) < 4.78 is 0. The fourth-order valence-electron chi connectivity index (χ4n) is 1.92. The van der Waals surface area contributed by atoms with Gasteiger partial charge in [0.25, 0.3) is 0 Å². The second-order valence-corrected chi connectivity index (χ2v) is 4.94. The van der Waals surface area contributed by atoms with Gasteiger partial charge in [-0.25, -0.2) is 0 Å². The van der Waals surface area contributed by atoms with Crippen LogP contribution in [0.5, 0.6) is 0 Å². The first kappa shape index (κ1) is 14.0. The van der Waals surface area contributed by atoms with Gasteiger partial charge in [-0.1, -0.05) is 20.8 Å². The molecule has 0 aliphatic carbocycles. The molecule has 0 saturated carbocycles. The molecule has 1 fully saturated rings. The molecule has 1 saturated heterocycles. The summed E-state index contributed by atoms with van der Waals surface area (Å²) in [5.74, 6) is 0.177. The van der Waals surface area contributed by atoms with E-state index in [9.17, 15) is 9.59 Å². The van der Waals surface area contributed by atoms with Gasteiger partial charge in [-0.2, -0.15) is 0 Å². The average Bonchev–Trinajstić information content (AvgIpc) is 2.36. The summed E-state index contributed by atoms with van der Waals surface area (Å²) in [4.78, 5) is 27.3. The van der Waals surface area contributed by atoms with Gasteiger partial charge >= 0.3 is 0 Å². The van der Waals surface area contributed by atoms with Crippen molar-refractivity contribution in [3.05, 3.63) is 0 Å². The molecule has 5 nitrogen and oxygen atoms in total. The number of hydrogen-bond acceptors (Lipinski definition) is 3. The van der Waals surface area contributed by atoms with Crippen LogP contribution in [0.4, 0.5) is 0 Å². The summed E-state index contributed by atoms with van der Waals surface area (Å²) in [5, 5.41) is 0. The van der Waals surface area contributed by atoms with Crippen molar-refractivity contribution >= 4 is 11.8 Å². The van der Waals surface area contributed by atoms with Crippen molar-refractivity contribution in [1.82, 2.24) is 9.80 Å². The number of nitrogens with zero attached hydrogens (tertiary/aromatic N) is 2. The van der Waals surface area contributed by atoms with Crippen LogP contribution in [0.2, 0.25) is 0 Å². The van der Waals surface area contributed by atoms with E-state index in [4.69, 9.17) is 5.73 Å². The van der Waals surface area contributed by atoms with E-state index < -0.39 is 0 Å². The zero-order chi connectivity index (χ0) is 13.0. The highest BCUT2D eigenvalue weighted by Crippen LogP contribution is 2.09. The first-order valence-electron chi connectivity index (χ1n) is 6.25. The van der Waals surface area contributed by atoms with Gasteiger partial charge in [-0.3, -0.25) is 9.59 Å². The number of carbonyl (C=O) groups is 2. The molecular weight excluding hydrogens is 218 g/mol. The molecule has 1 heterocycles. The smallest absolute Gasteiger partial charge is 0.226 e. The molecule has 0 aromatic carbocycles. The van der Waals surface area contributed by atoms with Crippen LogP contribution < -0.4 is 5.73 Å². The molecule has 1 rings (SSSR count). The molecule has 1 aliphatic heterocycles. The number of hydrogen-bond donors (Lipinski definition) is 1. The lowest BCUT2D eigenvalue weighted by atomic mass is 10.1. The van der Waals surface area contributed by atoms with Crippen LogP contribution in [0.1, 0.15) is 20.8 Å². The number of piperazine rings is 1. The Hall–Kier alpha value is -1.10. The first-order valence-corrected chi connectivity index (χ1v) is 6.25. The molecule has 5 heteroatoms. The summed E-state index contributed by atoms with van der Waals surface area (Å²) in [7, 11) is 0. The van der Waals surface area contributed by atoms with Crippen molar-refractivity contribution < 1.29 is 9.59 Å². The van der Waals surface area contributed by atoms with Crippen molar-refractivity contribution in [2.75, 3.05) is 32.7 Å². The van der Waals surface area contributed by atoms with Crippen LogP contribution in [-0.2, 0) is 9.59 Å². The zero-order valence-electron chi connectivity index (χ0n) is 11.0. The van der Waals surface area contributed by atoms with E-state index in [2.05, 4.69) is 0 Å². The van der Waals surface area contributed by atoms with E-state index in [-0.39, 0.29) is 23.7 Å². The van der Waals surface area contributed by atoms with E-state index in [0.29, 0.717) is 32.7 Å². The molecule has 0 bridgehead atoms. The summed E-state index contributed by atoms with van der Waals surface area (Å²) in [6, 6.07) is 0. The van der Waals surface area contributed by atoms with Gasteiger partial charge in [0.15, 0.2) is 0 Å². The Morgan fingerprint density at radius 1 is 1.00 bits per heavy atom. The van der Waals surface area contributed by atoms with Gasteiger partial charge in [0.2, 0.25) is 11.8 Å². The number of carbonyl (C=O) groups excluding carboxylic acids is 2. The highest BCUT2D eigenvalue weighted by molar-refractivity contribution is 5.80. The summed E-state index contributed by atoms with van der Waals surface area (Å²) in [6.07, 6.45) is 0. The molecule has 0 radical (unpaired) electrons. The summed E-state index contributed by atoms with van der Waals surface area (Å²) in [5.41, 5.74) is 5.48. The molecule has 0 aromatic heterocycles. The molecule has 17 heavy (non-hydrogen) atoms. The van der Waals surface area contributed by atoms with E-state index in [0.717, 1.165) is 0 Å². The van der Waals surface area contributed by atoms with Crippen LogP contribution in [0.3, 0.4) is 0 Å². The maximum Gasteiger partial charge on any atom is 0.226 e. The van der Waals surface area contributed by atoms with Crippen molar-refractivity contribution in [2.24, 2.45) is 17.6 Å². The molecule has 1 unspecified atom stereocenters. The maximum atomic E-state index is 11.9. The van der Waals surface area contributed by atoms with Crippen molar-refractivity contribution in [3.63, 3.8) is 0 Å². The quantitative estimate of drug-likeness (QED) is 0.751. The molecule has 2 amide bonds. The van der Waals surface area contributed by atoms with Gasteiger partial charge in [-0.15, -0.1) is 0 Å². The predicted octanol–water partition coefficient (Wildman–Crippen LogP) is -0.0920. The predicted molar refractivity (Wildman–Crippen MR) is 66.2 cm³/mol. The normalized spacial score (nSPS) is 18.4. The largest absolute Gasteiger partial charge is 0.339 e. The Morgan fingerprint density at radius 3 is 1.76 bits per heavy atom. The van der Waals surface area contributed by atoms with Crippen molar-refractivity contribution in [3.8, 4) is 0 Å². The van der Waals surface area contributed by atoms with Crippen LogP contribution in [0, 0.1) is 11.8 Å². The van der Waals surface area contributed by atoms with E-state index >= 15 is 0 Å². The Balaban J connectivity index is 2.46. The van der Waals surface area contributed by atoms with Crippen molar-refractivity contribution in [2.45, 2.75) is 20.8 Å². The molecule has 0 aromatic rings. The third-order valence-electron chi connectivity index (χ3n) is 3.17. The Morgan fingerprint density at radius 2 is 1.41 bits per heavy atom. The van der Waals surface area contributed by atoms with Gasteiger partial charge in [-0.05, 0) is 0 Å². The van der Waals surface area contributed by atoms with Crippen LogP contribution >= 0.6 is 0 Å². The Kier molecular flexibility index (Phi) is 4.93. The van der Waals surface area contributed by atoms with Gasteiger partial charge in [0, 0.05) is 44.6 Å². The minimum atomic E-state index is -0.123. The van der Waals surface area contributed by atoms with Gasteiger partial charge in [0.1, 0.15) is 0 Å². The topological polar surface area (TPSA) is 66.6 Å². The molecule has 2 N–H and O–H groups in total. The molecule has 0 spiro atoms. The third-order valence-corrected chi connectivity index (χ3v) is 3.17. The van der Waals surface area contributed by atoms with Crippen LogP contribution in [-0.4, -0.2) is 54.3 Å². The number of nitrogens with two attached hydrogens (primary N) is 1. The lowest BCUT2D eigenvalue weighted by molar-refractivity contribution is -0.143. The minimum absolute atomic E-state index is 0.0280. The number of rotatable bonds is 3. The van der Waals surface area contributed by atoms with Crippen LogP contribution in [0.25, 0.3) is 0 Å². The fraction of sp³-hybridized carbons (Fsp3) is 0.833. The highest BCUT2D eigenvalue weighted by Gasteiger charge is 2.26. The monoisotopic (exact) mass is 241 g/mol. The van der Waals surface area contributed by atoms with E-state index in [1.165, 1.54) is 0 Å². The van der Waals surface area contributed by atoms with Gasteiger partial charge in [0.05, 0.1) is 0 Å². The standard InChI is InChI=1S/C12H23N3O2/c1-9(2)11(16)14-4-6-15(7-5-14)12(17)10(3)8-13/h9-10H,4-8,13H2,1-3H3. The van der Waals surface area contributed by atoms with Crippen LogP contribution in [0.15, 0.2) is 0 Å². The Labute approximate surface area is 103 Å². The molecular formula is C12H23N3O2. The average molecular weight is 241 g/mol. The molecule has 1 aliphatic rings. The SMILES string of the molecule is CC(C)C(=O)N1CCN(C(=O)C(C)CN)CC1. The van der Waals surface area contributed by atoms with Crippen molar-refractivity contribution in [1.29, 1.82) is 0 Å². The fourth-order valence-corrected chi connectivity index (χ4v) is 1.92. The minimum Gasteiger partial charge on any atom is -0.339 e. The van der Waals surface area contributed by atoms with Gasteiger partial charge < -0.3 is 15.5 Å². The second-order valence-electron chi connectivity index (χ2n) is 4.94. The number of amides is 2. The Bertz CT molecular complexity index is 283. The summed E-state index contributed by atoms with van der Waals surface area (Å²) >= 11 is 0. The third kappa shape index (κ3) is 3.43. The van der Waals surface area contributed by atoms with E-state index in [1.807, 2.05) is 30.6 Å². The molecule has 1 atom stereocenters. The summed E-state index contributed by atoms with van der Waals surface area (Å²) in [6.45, 7) is 8.55. The lowest BCUT2D eigenvalue weighted by Gasteiger charge is -2.36. The zero-order valence-corrected chi connectivity index (χ0v) is 11.0. The molecule has 98 valence electrons. The second kappa shape index (κ2) is 6.00.